The maximum Gasteiger partial charge on any atom is 0.306 e. The van der Waals surface area contributed by atoms with Crippen molar-refractivity contribution in [2.75, 3.05) is 13.2 Å². The van der Waals surface area contributed by atoms with Gasteiger partial charge in [0.05, 0.1) is 0 Å². The van der Waals surface area contributed by atoms with Crippen LogP contribution in [0.1, 0.15) is 400 Å². The predicted molar refractivity (Wildman–Crippen MR) is 340 cm³/mol. The number of rotatable bonds is 66. The van der Waals surface area contributed by atoms with Crippen molar-refractivity contribution in [2.24, 2.45) is 0 Å². The van der Waals surface area contributed by atoms with Crippen molar-refractivity contribution in [1.29, 1.82) is 0 Å². The van der Waals surface area contributed by atoms with Crippen LogP contribution in [0, 0.1) is 0 Å². The van der Waals surface area contributed by atoms with E-state index in [1.54, 1.807) is 0 Å². The molecule has 0 aliphatic heterocycles. The summed E-state index contributed by atoms with van der Waals surface area (Å²) in [6.45, 7) is 6.68. The summed E-state index contributed by atoms with van der Waals surface area (Å²) >= 11 is 0. The van der Waals surface area contributed by atoms with Crippen LogP contribution in [0.25, 0.3) is 0 Å². The van der Waals surface area contributed by atoms with Crippen molar-refractivity contribution in [2.45, 2.75) is 406 Å². The van der Waals surface area contributed by atoms with E-state index in [4.69, 9.17) is 14.2 Å². The summed E-state index contributed by atoms with van der Waals surface area (Å²) in [6, 6.07) is 0. The standard InChI is InChI=1S/C72H136O6/c1-4-7-10-13-16-19-22-25-26-27-28-29-30-31-32-33-34-35-36-37-38-39-40-41-42-43-44-45-46-48-50-53-56-59-62-65-71(74)77-68-69(67-76-70(73)64-61-58-55-52-49-24-21-18-15-12-9-6-3)78-72(75)66-63-60-57-54-51-47-23-20-17-14-11-8-5-2/h20,23,27-28,69H,4-19,21-22,24-26,29-68H2,1-3H3/b23-20-,28-27-. The number of carbonyl (C=O) groups excluding carboxylic acids is 3. The van der Waals surface area contributed by atoms with E-state index in [-0.39, 0.29) is 31.1 Å². The molecule has 0 rings (SSSR count). The molecule has 0 saturated heterocycles. The first kappa shape index (κ1) is 75.9. The Hall–Kier alpha value is -2.11. The number of ether oxygens (including phenoxy) is 3. The zero-order chi connectivity index (χ0) is 56.4. The summed E-state index contributed by atoms with van der Waals surface area (Å²) < 4.78 is 16.9. The van der Waals surface area contributed by atoms with Crippen molar-refractivity contribution >= 4 is 17.9 Å². The van der Waals surface area contributed by atoms with Crippen molar-refractivity contribution < 1.29 is 28.6 Å². The van der Waals surface area contributed by atoms with E-state index >= 15 is 0 Å². The fourth-order valence-electron chi connectivity index (χ4n) is 10.8. The summed E-state index contributed by atoms with van der Waals surface area (Å²) in [5.41, 5.74) is 0. The lowest BCUT2D eigenvalue weighted by atomic mass is 10.0. The Balaban J connectivity index is 3.98. The van der Waals surface area contributed by atoms with Gasteiger partial charge in [-0.05, 0) is 70.6 Å². The molecule has 0 N–H and O–H groups in total. The lowest BCUT2D eigenvalue weighted by Crippen LogP contribution is -2.30. The Morgan fingerprint density at radius 2 is 0.423 bits per heavy atom. The van der Waals surface area contributed by atoms with Crippen LogP contribution in [0.2, 0.25) is 0 Å². The Labute approximate surface area is 487 Å². The van der Waals surface area contributed by atoms with Gasteiger partial charge in [-0.15, -0.1) is 0 Å². The smallest absolute Gasteiger partial charge is 0.306 e. The molecule has 6 nitrogen and oxygen atoms in total. The van der Waals surface area contributed by atoms with E-state index in [0.717, 1.165) is 64.2 Å². The molecule has 6 heteroatoms. The summed E-state index contributed by atoms with van der Waals surface area (Å²) in [5, 5.41) is 0. The maximum absolute atomic E-state index is 12.9. The van der Waals surface area contributed by atoms with Crippen LogP contribution in [-0.2, 0) is 28.6 Å². The van der Waals surface area contributed by atoms with Gasteiger partial charge in [-0.3, -0.25) is 14.4 Å². The van der Waals surface area contributed by atoms with E-state index in [1.807, 2.05) is 0 Å². The minimum atomic E-state index is -0.770. The zero-order valence-electron chi connectivity index (χ0n) is 53.0. The van der Waals surface area contributed by atoms with Gasteiger partial charge in [0.15, 0.2) is 6.10 Å². The van der Waals surface area contributed by atoms with Gasteiger partial charge in [-0.25, -0.2) is 0 Å². The second kappa shape index (κ2) is 67.4. The van der Waals surface area contributed by atoms with Crippen molar-refractivity contribution in [3.63, 3.8) is 0 Å². The molecule has 1 atom stereocenters. The molecule has 0 saturated carbocycles. The fraction of sp³-hybridized carbons (Fsp3) is 0.903. The third-order valence-electron chi connectivity index (χ3n) is 16.2. The highest BCUT2D eigenvalue weighted by Gasteiger charge is 2.19. The van der Waals surface area contributed by atoms with Gasteiger partial charge in [0, 0.05) is 19.3 Å². The number of hydrogen-bond donors (Lipinski definition) is 0. The van der Waals surface area contributed by atoms with E-state index in [9.17, 15) is 14.4 Å². The summed E-state index contributed by atoms with van der Waals surface area (Å²) in [6.07, 6.45) is 82.4. The first-order valence-electron chi connectivity index (χ1n) is 35.3. The molecule has 0 fully saturated rings. The minimum Gasteiger partial charge on any atom is -0.462 e. The number of allylic oxidation sites excluding steroid dienone is 4. The van der Waals surface area contributed by atoms with Crippen LogP contribution < -0.4 is 0 Å². The molecule has 0 heterocycles. The molecule has 0 radical (unpaired) electrons. The molecule has 78 heavy (non-hydrogen) atoms. The summed E-state index contributed by atoms with van der Waals surface area (Å²) in [4.78, 5) is 38.2. The second-order valence-corrected chi connectivity index (χ2v) is 24.1. The average molecular weight is 1100 g/mol. The lowest BCUT2D eigenvalue weighted by molar-refractivity contribution is -0.167. The van der Waals surface area contributed by atoms with E-state index in [2.05, 4.69) is 45.1 Å². The second-order valence-electron chi connectivity index (χ2n) is 24.1. The molecule has 0 aliphatic rings. The van der Waals surface area contributed by atoms with E-state index in [1.165, 1.54) is 295 Å². The maximum atomic E-state index is 12.9. The molecule has 0 bridgehead atoms. The molecule has 0 aromatic heterocycles. The third-order valence-corrected chi connectivity index (χ3v) is 16.2. The Kier molecular flexibility index (Phi) is 65.6. The molecule has 0 aromatic carbocycles. The largest absolute Gasteiger partial charge is 0.462 e. The number of hydrogen-bond acceptors (Lipinski definition) is 6. The van der Waals surface area contributed by atoms with Gasteiger partial charge >= 0.3 is 17.9 Å². The fourth-order valence-corrected chi connectivity index (χ4v) is 10.8. The number of unbranched alkanes of at least 4 members (excludes halogenated alkanes) is 51. The molecular formula is C72H136O6. The van der Waals surface area contributed by atoms with Gasteiger partial charge in [-0.1, -0.05) is 334 Å². The minimum absolute atomic E-state index is 0.0683. The average Bonchev–Trinajstić information content (AvgIpc) is 3.44. The predicted octanol–water partition coefficient (Wildman–Crippen LogP) is 24.2. The molecule has 0 amide bonds. The highest BCUT2D eigenvalue weighted by molar-refractivity contribution is 5.71. The summed E-state index contributed by atoms with van der Waals surface area (Å²) in [5.74, 6) is -0.851. The zero-order valence-corrected chi connectivity index (χ0v) is 53.0. The first-order chi connectivity index (χ1) is 38.5. The quantitative estimate of drug-likeness (QED) is 0.0261. The Morgan fingerprint density at radius 1 is 0.244 bits per heavy atom. The van der Waals surface area contributed by atoms with Gasteiger partial charge in [-0.2, -0.15) is 0 Å². The Bertz CT molecular complexity index is 1260. The highest BCUT2D eigenvalue weighted by atomic mass is 16.6. The topological polar surface area (TPSA) is 78.9 Å². The first-order valence-corrected chi connectivity index (χ1v) is 35.3. The SMILES string of the molecule is CCCCCC/C=C\CCCCCCCC(=O)OC(COC(=O)CCCCCCCCCCCCCC)COC(=O)CCCCCCCCCCCCCCCCCCCCCCCCC/C=C\CCCCCCCCCC. The van der Waals surface area contributed by atoms with Crippen LogP contribution in [0.15, 0.2) is 24.3 Å². The van der Waals surface area contributed by atoms with Crippen LogP contribution in [0.3, 0.4) is 0 Å². The van der Waals surface area contributed by atoms with Crippen LogP contribution in [-0.4, -0.2) is 37.2 Å². The van der Waals surface area contributed by atoms with E-state index in [0.29, 0.717) is 19.3 Å². The van der Waals surface area contributed by atoms with Crippen molar-refractivity contribution in [1.82, 2.24) is 0 Å². The highest BCUT2D eigenvalue weighted by Crippen LogP contribution is 2.19. The molecule has 0 spiro atoms. The van der Waals surface area contributed by atoms with Crippen molar-refractivity contribution in [3.8, 4) is 0 Å². The Morgan fingerprint density at radius 3 is 0.654 bits per heavy atom. The molecular weight excluding hydrogens is 961 g/mol. The monoisotopic (exact) mass is 1100 g/mol. The van der Waals surface area contributed by atoms with Crippen LogP contribution in [0.4, 0.5) is 0 Å². The number of carbonyl (C=O) groups is 3. The van der Waals surface area contributed by atoms with Crippen LogP contribution in [0.5, 0.6) is 0 Å². The molecule has 460 valence electrons. The van der Waals surface area contributed by atoms with Gasteiger partial charge in [0.25, 0.3) is 0 Å². The van der Waals surface area contributed by atoms with Gasteiger partial charge in [0.1, 0.15) is 13.2 Å². The van der Waals surface area contributed by atoms with E-state index < -0.39 is 6.10 Å². The van der Waals surface area contributed by atoms with Gasteiger partial charge in [0.2, 0.25) is 0 Å². The molecule has 0 aliphatic carbocycles. The third kappa shape index (κ3) is 64.7. The van der Waals surface area contributed by atoms with Crippen LogP contribution >= 0.6 is 0 Å². The molecule has 0 aromatic rings. The number of esters is 3. The van der Waals surface area contributed by atoms with Gasteiger partial charge < -0.3 is 14.2 Å². The lowest BCUT2D eigenvalue weighted by Gasteiger charge is -2.18. The normalized spacial score (nSPS) is 12.1. The summed E-state index contributed by atoms with van der Waals surface area (Å²) in [7, 11) is 0. The molecule has 1 unspecified atom stereocenters. The van der Waals surface area contributed by atoms with Crippen molar-refractivity contribution in [3.05, 3.63) is 24.3 Å².